The molecule has 0 spiro atoms. The van der Waals surface area contributed by atoms with Crippen LogP contribution in [0.1, 0.15) is 11.1 Å². The van der Waals surface area contributed by atoms with Crippen LogP contribution >= 0.6 is 12.2 Å². The number of thiocarbonyl (C=S) groups is 1. The number of carboxylic acid groups (broad SMARTS) is 1. The quantitative estimate of drug-likeness (QED) is 0.680. The summed E-state index contributed by atoms with van der Waals surface area (Å²) in [6.07, 6.45) is -0.744. The van der Waals surface area contributed by atoms with Gasteiger partial charge in [0.15, 0.2) is 0 Å². The van der Waals surface area contributed by atoms with Crippen molar-refractivity contribution < 1.29 is 14.6 Å². The van der Waals surface area contributed by atoms with E-state index in [1.165, 1.54) is 0 Å². The molecular weight excluding hydrogens is 312 g/mol. The van der Waals surface area contributed by atoms with Crippen molar-refractivity contribution in [2.45, 2.75) is 19.1 Å². The number of ether oxygens (including phenoxy) is 1. The second-order valence-corrected chi connectivity index (χ2v) is 5.50. The van der Waals surface area contributed by atoms with Crippen LogP contribution in [0.15, 0.2) is 54.6 Å². The van der Waals surface area contributed by atoms with Crippen molar-refractivity contribution in [2.75, 3.05) is 0 Å². The lowest BCUT2D eigenvalue weighted by molar-refractivity contribution is 0.192. The van der Waals surface area contributed by atoms with Crippen molar-refractivity contribution in [3.8, 4) is 5.75 Å². The van der Waals surface area contributed by atoms with Crippen LogP contribution < -0.4 is 15.8 Å². The minimum atomic E-state index is -1.15. The summed E-state index contributed by atoms with van der Waals surface area (Å²) >= 11 is 4.88. The Kier molecular flexibility index (Phi) is 5.94. The van der Waals surface area contributed by atoms with Crippen molar-refractivity contribution in [1.29, 1.82) is 0 Å². The smallest absolute Gasteiger partial charge is 0.405 e. The van der Waals surface area contributed by atoms with E-state index in [0.29, 0.717) is 13.0 Å². The van der Waals surface area contributed by atoms with Crippen LogP contribution in [0.25, 0.3) is 0 Å². The molecule has 5 nitrogen and oxygen atoms in total. The highest BCUT2D eigenvalue weighted by atomic mass is 32.1. The third-order valence-electron chi connectivity index (χ3n) is 3.25. The van der Waals surface area contributed by atoms with Crippen LogP contribution in [0, 0.1) is 0 Å². The van der Waals surface area contributed by atoms with Crippen molar-refractivity contribution in [2.24, 2.45) is 5.73 Å². The summed E-state index contributed by atoms with van der Waals surface area (Å²) in [6.45, 7) is 0.496. The van der Waals surface area contributed by atoms with Gasteiger partial charge in [-0.1, -0.05) is 54.7 Å². The first-order valence-corrected chi connectivity index (χ1v) is 7.50. The zero-order chi connectivity index (χ0) is 16.7. The molecule has 0 aromatic heterocycles. The van der Waals surface area contributed by atoms with E-state index in [-0.39, 0.29) is 4.99 Å². The highest BCUT2D eigenvalue weighted by Crippen LogP contribution is 2.15. The second-order valence-electron chi connectivity index (χ2n) is 5.03. The lowest BCUT2D eigenvalue weighted by Gasteiger charge is -2.15. The second kappa shape index (κ2) is 8.14. The van der Waals surface area contributed by atoms with Gasteiger partial charge in [0.05, 0.1) is 11.0 Å². The summed E-state index contributed by atoms with van der Waals surface area (Å²) in [4.78, 5) is 10.9. The fourth-order valence-corrected chi connectivity index (χ4v) is 2.21. The van der Waals surface area contributed by atoms with Gasteiger partial charge in [-0.3, -0.25) is 0 Å². The molecule has 0 aliphatic heterocycles. The molecule has 0 fully saturated rings. The minimum Gasteiger partial charge on any atom is -0.489 e. The van der Waals surface area contributed by atoms with Crippen LogP contribution in [0.2, 0.25) is 0 Å². The molecular formula is C17H18N2O3S. The molecule has 6 heteroatoms. The molecule has 120 valence electrons. The summed E-state index contributed by atoms with van der Waals surface area (Å²) in [5, 5.41) is 11.1. The maximum absolute atomic E-state index is 10.7. The summed E-state index contributed by atoms with van der Waals surface area (Å²) in [7, 11) is 0. The van der Waals surface area contributed by atoms with Crippen LogP contribution in [0.5, 0.6) is 5.75 Å². The Morgan fingerprint density at radius 2 is 1.78 bits per heavy atom. The third-order valence-corrected chi connectivity index (χ3v) is 3.54. The lowest BCUT2D eigenvalue weighted by atomic mass is 10.1. The Morgan fingerprint density at radius 3 is 2.35 bits per heavy atom. The van der Waals surface area contributed by atoms with E-state index < -0.39 is 12.1 Å². The molecule has 0 aliphatic rings. The number of hydrogen-bond donors (Lipinski definition) is 3. The largest absolute Gasteiger partial charge is 0.489 e. The predicted molar refractivity (Wildman–Crippen MR) is 92.7 cm³/mol. The lowest BCUT2D eigenvalue weighted by Crippen LogP contribution is -2.44. The molecule has 0 radical (unpaired) electrons. The van der Waals surface area contributed by atoms with Gasteiger partial charge in [0.1, 0.15) is 12.4 Å². The number of hydrogen-bond acceptors (Lipinski definition) is 3. The normalized spacial score (nSPS) is 11.5. The highest BCUT2D eigenvalue weighted by Gasteiger charge is 2.15. The molecule has 1 amide bonds. The zero-order valence-corrected chi connectivity index (χ0v) is 13.3. The van der Waals surface area contributed by atoms with Crippen molar-refractivity contribution >= 4 is 23.3 Å². The number of carbonyl (C=O) groups is 1. The molecule has 1 unspecified atom stereocenters. The van der Waals surface area contributed by atoms with Gasteiger partial charge in [0, 0.05) is 0 Å². The number of rotatable bonds is 7. The molecule has 0 heterocycles. The van der Waals surface area contributed by atoms with Gasteiger partial charge in [0.2, 0.25) is 0 Å². The standard InChI is InChI=1S/C17H18N2O3S/c18-16(23)15(19-17(20)21)10-12-6-8-14(9-7-12)22-11-13-4-2-1-3-5-13/h1-9,15,19H,10-11H2,(H2,18,23)(H,20,21). The van der Waals surface area contributed by atoms with E-state index in [1.807, 2.05) is 54.6 Å². The van der Waals surface area contributed by atoms with E-state index in [4.69, 9.17) is 27.8 Å². The van der Waals surface area contributed by atoms with E-state index >= 15 is 0 Å². The fraction of sp³-hybridized carbons (Fsp3) is 0.176. The Balaban J connectivity index is 1.93. The Labute approximate surface area is 140 Å². The van der Waals surface area contributed by atoms with Crippen molar-refractivity contribution in [3.63, 3.8) is 0 Å². The van der Waals surface area contributed by atoms with E-state index in [0.717, 1.165) is 16.9 Å². The fourth-order valence-electron chi connectivity index (χ4n) is 2.07. The summed E-state index contributed by atoms with van der Waals surface area (Å²) in [5.74, 6) is 0.746. The first kappa shape index (κ1) is 16.8. The van der Waals surface area contributed by atoms with Gasteiger partial charge in [0.25, 0.3) is 0 Å². The molecule has 0 saturated heterocycles. The van der Waals surface area contributed by atoms with Gasteiger partial charge in [-0.25, -0.2) is 4.79 Å². The summed E-state index contributed by atoms with van der Waals surface area (Å²) < 4.78 is 5.70. The highest BCUT2D eigenvalue weighted by molar-refractivity contribution is 7.80. The first-order valence-electron chi connectivity index (χ1n) is 7.09. The maximum atomic E-state index is 10.7. The van der Waals surface area contributed by atoms with Gasteiger partial charge < -0.3 is 20.9 Å². The van der Waals surface area contributed by atoms with E-state index in [1.54, 1.807) is 0 Å². The average Bonchev–Trinajstić information content (AvgIpc) is 2.54. The van der Waals surface area contributed by atoms with Crippen LogP contribution in [-0.4, -0.2) is 22.2 Å². The van der Waals surface area contributed by atoms with Gasteiger partial charge in [-0.05, 0) is 29.7 Å². The maximum Gasteiger partial charge on any atom is 0.405 e. The first-order chi connectivity index (χ1) is 11.0. The average molecular weight is 330 g/mol. The van der Waals surface area contributed by atoms with Crippen molar-refractivity contribution in [1.82, 2.24) is 5.32 Å². The molecule has 0 bridgehead atoms. The SMILES string of the molecule is NC(=S)C(Cc1ccc(OCc2ccccc2)cc1)NC(=O)O. The number of amides is 1. The van der Waals surface area contributed by atoms with Crippen LogP contribution in [0.4, 0.5) is 4.79 Å². The van der Waals surface area contributed by atoms with Gasteiger partial charge in [-0.2, -0.15) is 0 Å². The zero-order valence-electron chi connectivity index (χ0n) is 12.4. The monoisotopic (exact) mass is 330 g/mol. The van der Waals surface area contributed by atoms with Crippen LogP contribution in [0.3, 0.4) is 0 Å². The van der Waals surface area contributed by atoms with Gasteiger partial charge in [-0.15, -0.1) is 0 Å². The minimum absolute atomic E-state index is 0.122. The summed E-state index contributed by atoms with van der Waals surface area (Å²) in [6, 6.07) is 16.7. The Hall–Kier alpha value is -2.60. The number of benzene rings is 2. The Bertz CT molecular complexity index is 659. The number of nitrogens with two attached hydrogens (primary N) is 1. The van der Waals surface area contributed by atoms with Crippen LogP contribution in [-0.2, 0) is 13.0 Å². The molecule has 1 atom stereocenters. The predicted octanol–water partition coefficient (Wildman–Crippen LogP) is 2.73. The Morgan fingerprint density at radius 1 is 1.13 bits per heavy atom. The molecule has 2 aromatic carbocycles. The van der Waals surface area contributed by atoms with Crippen molar-refractivity contribution in [3.05, 3.63) is 65.7 Å². The number of nitrogens with one attached hydrogen (secondary N) is 1. The molecule has 2 aromatic rings. The molecule has 23 heavy (non-hydrogen) atoms. The topological polar surface area (TPSA) is 84.6 Å². The molecule has 0 aliphatic carbocycles. The molecule has 2 rings (SSSR count). The molecule has 4 N–H and O–H groups in total. The van der Waals surface area contributed by atoms with E-state index in [2.05, 4.69) is 5.32 Å². The summed E-state index contributed by atoms with van der Waals surface area (Å²) in [5.41, 5.74) is 7.57. The third kappa shape index (κ3) is 5.60. The van der Waals surface area contributed by atoms with E-state index in [9.17, 15) is 4.79 Å². The van der Waals surface area contributed by atoms with Gasteiger partial charge >= 0.3 is 6.09 Å². The molecule has 0 saturated carbocycles.